The van der Waals surface area contributed by atoms with Crippen LogP contribution in [-0.4, -0.2) is 53.7 Å². The number of likely N-dealkylation sites (tertiary alicyclic amines) is 1. The summed E-state index contributed by atoms with van der Waals surface area (Å²) >= 11 is 0. The molecule has 1 aromatic heterocycles. The van der Waals surface area contributed by atoms with Crippen LogP contribution in [0.2, 0.25) is 0 Å². The molecule has 2 aliphatic heterocycles. The molecule has 1 aliphatic carbocycles. The Morgan fingerprint density at radius 2 is 2.00 bits per heavy atom. The maximum atomic E-state index is 12.1. The molecule has 0 bridgehead atoms. The van der Waals surface area contributed by atoms with Crippen LogP contribution >= 0.6 is 0 Å². The molecule has 1 aromatic rings. The van der Waals surface area contributed by atoms with Crippen LogP contribution in [0.25, 0.3) is 0 Å². The molecule has 3 aliphatic rings. The fraction of sp³-hybridized carbons (Fsp3) is 0.684. The second-order valence-electron chi connectivity index (χ2n) is 7.52. The number of carbonyl (C=O) groups excluding carboxylic acids is 1. The third kappa shape index (κ3) is 3.07. The van der Waals surface area contributed by atoms with E-state index in [4.69, 9.17) is 4.74 Å². The average molecular weight is 329 g/mol. The van der Waals surface area contributed by atoms with Crippen LogP contribution in [0.1, 0.15) is 48.9 Å². The van der Waals surface area contributed by atoms with Crippen LogP contribution in [-0.2, 0) is 4.74 Å². The number of hydrogen-bond donors (Lipinski definition) is 1. The highest BCUT2D eigenvalue weighted by molar-refractivity contribution is 5.93. The van der Waals surface area contributed by atoms with Gasteiger partial charge in [-0.15, -0.1) is 0 Å². The molecule has 1 N–H and O–H groups in total. The first kappa shape index (κ1) is 16.0. The standard InChI is InChI=1S/C19H27N3O2/c23-18(15-5-9-20-10-6-15)21-11-7-16-8-12-24-19(16)13-22(14-19)17-3-1-2-4-17/h5-6,9-10,16-17H,1-4,7-8,11-14H2,(H,21,23)/t16-/m0/s1. The van der Waals surface area contributed by atoms with E-state index in [1.807, 2.05) is 0 Å². The monoisotopic (exact) mass is 329 g/mol. The number of pyridine rings is 1. The first-order chi connectivity index (χ1) is 11.8. The molecule has 2 saturated heterocycles. The largest absolute Gasteiger partial charge is 0.372 e. The van der Waals surface area contributed by atoms with Crippen molar-refractivity contribution in [1.82, 2.24) is 15.2 Å². The molecule has 1 amide bonds. The molecule has 5 heteroatoms. The van der Waals surface area contributed by atoms with Crippen LogP contribution in [0, 0.1) is 5.92 Å². The molecule has 0 radical (unpaired) electrons. The molecule has 5 nitrogen and oxygen atoms in total. The molecule has 130 valence electrons. The Bertz CT molecular complexity index is 565. The van der Waals surface area contributed by atoms with E-state index >= 15 is 0 Å². The van der Waals surface area contributed by atoms with E-state index in [0.29, 0.717) is 11.5 Å². The number of carbonyl (C=O) groups is 1. The van der Waals surface area contributed by atoms with Gasteiger partial charge in [-0.25, -0.2) is 0 Å². The summed E-state index contributed by atoms with van der Waals surface area (Å²) in [5, 5.41) is 3.04. The summed E-state index contributed by atoms with van der Waals surface area (Å²) in [4.78, 5) is 18.7. The van der Waals surface area contributed by atoms with Crippen molar-refractivity contribution in [2.45, 2.75) is 50.2 Å². The van der Waals surface area contributed by atoms with Gasteiger partial charge in [0.15, 0.2) is 0 Å². The Morgan fingerprint density at radius 1 is 1.25 bits per heavy atom. The van der Waals surface area contributed by atoms with Crippen molar-refractivity contribution in [3.63, 3.8) is 0 Å². The molecular formula is C19H27N3O2. The van der Waals surface area contributed by atoms with Crippen molar-refractivity contribution in [2.75, 3.05) is 26.2 Å². The third-order valence-electron chi connectivity index (χ3n) is 6.10. The van der Waals surface area contributed by atoms with Crippen molar-refractivity contribution in [1.29, 1.82) is 0 Å². The van der Waals surface area contributed by atoms with Gasteiger partial charge >= 0.3 is 0 Å². The smallest absolute Gasteiger partial charge is 0.251 e. The zero-order valence-corrected chi connectivity index (χ0v) is 14.2. The highest BCUT2D eigenvalue weighted by atomic mass is 16.5. The van der Waals surface area contributed by atoms with Gasteiger partial charge < -0.3 is 10.1 Å². The van der Waals surface area contributed by atoms with E-state index in [1.54, 1.807) is 24.5 Å². The molecule has 1 saturated carbocycles. The number of amides is 1. The van der Waals surface area contributed by atoms with Crippen LogP contribution in [0.5, 0.6) is 0 Å². The number of nitrogens with one attached hydrogen (secondary N) is 1. The lowest BCUT2D eigenvalue weighted by Gasteiger charge is -2.53. The average Bonchev–Trinajstić information content (AvgIpc) is 3.23. The zero-order valence-electron chi connectivity index (χ0n) is 14.2. The van der Waals surface area contributed by atoms with Gasteiger partial charge in [-0.3, -0.25) is 14.7 Å². The lowest BCUT2D eigenvalue weighted by atomic mass is 9.78. The van der Waals surface area contributed by atoms with Crippen molar-refractivity contribution in [2.24, 2.45) is 5.92 Å². The summed E-state index contributed by atoms with van der Waals surface area (Å²) in [7, 11) is 0. The maximum absolute atomic E-state index is 12.1. The zero-order chi connectivity index (χ0) is 16.4. The van der Waals surface area contributed by atoms with Gasteiger partial charge in [0.1, 0.15) is 0 Å². The van der Waals surface area contributed by atoms with Gasteiger partial charge in [-0.2, -0.15) is 0 Å². The van der Waals surface area contributed by atoms with Gasteiger partial charge in [0.2, 0.25) is 0 Å². The van der Waals surface area contributed by atoms with Crippen molar-refractivity contribution >= 4 is 5.91 Å². The quantitative estimate of drug-likeness (QED) is 0.900. The molecule has 0 aromatic carbocycles. The van der Waals surface area contributed by atoms with E-state index in [2.05, 4.69) is 15.2 Å². The predicted octanol–water partition coefficient (Wildman–Crippen LogP) is 2.23. The molecule has 3 fully saturated rings. The highest BCUT2D eigenvalue weighted by Gasteiger charge is 2.54. The number of nitrogens with zero attached hydrogens (tertiary/aromatic N) is 2. The van der Waals surface area contributed by atoms with E-state index in [0.717, 1.165) is 45.1 Å². The summed E-state index contributed by atoms with van der Waals surface area (Å²) in [6.45, 7) is 3.79. The van der Waals surface area contributed by atoms with E-state index in [9.17, 15) is 4.79 Å². The second-order valence-corrected chi connectivity index (χ2v) is 7.52. The van der Waals surface area contributed by atoms with Gasteiger partial charge in [0.05, 0.1) is 5.60 Å². The number of aromatic nitrogens is 1. The van der Waals surface area contributed by atoms with Crippen LogP contribution < -0.4 is 5.32 Å². The SMILES string of the molecule is O=C(NCC[C@H]1CCOC12CN(C1CCCC1)C2)c1ccncc1. The van der Waals surface area contributed by atoms with E-state index < -0.39 is 0 Å². The van der Waals surface area contributed by atoms with Crippen LogP contribution in [0.4, 0.5) is 0 Å². The Labute approximate surface area is 143 Å². The number of hydrogen-bond acceptors (Lipinski definition) is 4. The highest BCUT2D eigenvalue weighted by Crippen LogP contribution is 2.44. The first-order valence-electron chi connectivity index (χ1n) is 9.33. The Balaban J connectivity index is 1.25. The van der Waals surface area contributed by atoms with Crippen molar-refractivity contribution in [3.8, 4) is 0 Å². The second kappa shape index (κ2) is 6.81. The van der Waals surface area contributed by atoms with Crippen LogP contribution in [0.15, 0.2) is 24.5 Å². The molecule has 4 rings (SSSR count). The Kier molecular flexibility index (Phi) is 4.55. The summed E-state index contributed by atoms with van der Waals surface area (Å²) < 4.78 is 6.16. The molecule has 24 heavy (non-hydrogen) atoms. The van der Waals surface area contributed by atoms with Gasteiger partial charge in [0, 0.05) is 50.2 Å². The lowest BCUT2D eigenvalue weighted by Crippen LogP contribution is -2.66. The molecule has 1 atom stereocenters. The predicted molar refractivity (Wildman–Crippen MR) is 91.8 cm³/mol. The molecule has 0 unspecified atom stereocenters. The fourth-order valence-corrected chi connectivity index (χ4v) is 4.68. The summed E-state index contributed by atoms with van der Waals surface area (Å²) in [6, 6.07) is 4.30. The fourth-order valence-electron chi connectivity index (χ4n) is 4.68. The molecule has 3 heterocycles. The third-order valence-corrected chi connectivity index (χ3v) is 6.10. The van der Waals surface area contributed by atoms with Gasteiger partial charge in [-0.1, -0.05) is 12.8 Å². The van der Waals surface area contributed by atoms with Gasteiger partial charge in [0.25, 0.3) is 5.91 Å². The summed E-state index contributed by atoms with van der Waals surface area (Å²) in [5.74, 6) is 0.569. The van der Waals surface area contributed by atoms with E-state index in [-0.39, 0.29) is 11.5 Å². The molecular weight excluding hydrogens is 302 g/mol. The van der Waals surface area contributed by atoms with E-state index in [1.165, 1.54) is 25.7 Å². The summed E-state index contributed by atoms with van der Waals surface area (Å²) in [5.41, 5.74) is 0.753. The minimum Gasteiger partial charge on any atom is -0.372 e. The minimum absolute atomic E-state index is 0.00782. The first-order valence-corrected chi connectivity index (χ1v) is 9.33. The van der Waals surface area contributed by atoms with Crippen molar-refractivity contribution in [3.05, 3.63) is 30.1 Å². The van der Waals surface area contributed by atoms with Crippen molar-refractivity contribution < 1.29 is 9.53 Å². The topological polar surface area (TPSA) is 54.5 Å². The Hall–Kier alpha value is -1.46. The minimum atomic E-state index is -0.00782. The number of ether oxygens (including phenoxy) is 1. The summed E-state index contributed by atoms with van der Waals surface area (Å²) in [6.07, 6.45) is 10.9. The maximum Gasteiger partial charge on any atom is 0.251 e. The Morgan fingerprint density at radius 3 is 2.75 bits per heavy atom. The van der Waals surface area contributed by atoms with Crippen LogP contribution in [0.3, 0.4) is 0 Å². The lowest BCUT2D eigenvalue weighted by molar-refractivity contribution is -0.146. The molecule has 1 spiro atoms. The normalized spacial score (nSPS) is 26.6. The van der Waals surface area contributed by atoms with Gasteiger partial charge in [-0.05, 0) is 43.7 Å². The number of rotatable bonds is 5.